The van der Waals surface area contributed by atoms with Crippen LogP contribution in [0, 0.1) is 20.8 Å². The van der Waals surface area contributed by atoms with E-state index in [-0.39, 0.29) is 16.8 Å². The first-order valence-corrected chi connectivity index (χ1v) is 4.64. The molecule has 0 saturated heterocycles. The van der Waals surface area contributed by atoms with Crippen molar-refractivity contribution in [3.63, 3.8) is 0 Å². The quantitative estimate of drug-likeness (QED) is 0.661. The van der Waals surface area contributed by atoms with Crippen LogP contribution in [0.15, 0.2) is 0 Å². The molecule has 1 aromatic rings. The van der Waals surface area contributed by atoms with Crippen LogP contribution in [0.1, 0.15) is 37.4 Å². The van der Waals surface area contributed by atoms with Crippen molar-refractivity contribution in [2.24, 2.45) is 0 Å². The van der Waals surface area contributed by atoms with Crippen LogP contribution in [0.25, 0.3) is 0 Å². The molecule has 0 heterocycles. The Hall–Kier alpha value is -2.04. The molecule has 1 aromatic carbocycles. The Morgan fingerprint density at radius 2 is 1.31 bits per heavy atom. The third kappa shape index (κ3) is 1.60. The molecule has 0 bridgehead atoms. The lowest BCUT2D eigenvalue weighted by molar-refractivity contribution is 0.0651. The summed E-state index contributed by atoms with van der Waals surface area (Å²) in [6.07, 6.45) is 0. The summed E-state index contributed by atoms with van der Waals surface area (Å²) in [6.45, 7) is 4.98. The van der Waals surface area contributed by atoms with Crippen LogP contribution in [0.4, 0.5) is 5.69 Å². The number of nitrogen functional groups attached to an aromatic ring is 1. The van der Waals surface area contributed by atoms with Gasteiger partial charge in [-0.1, -0.05) is 0 Å². The van der Waals surface area contributed by atoms with Crippen LogP contribution in [-0.2, 0) is 0 Å². The van der Waals surface area contributed by atoms with Gasteiger partial charge in [0.15, 0.2) is 0 Å². The summed E-state index contributed by atoms with van der Waals surface area (Å²) >= 11 is 0. The van der Waals surface area contributed by atoms with Gasteiger partial charge in [0.1, 0.15) is 0 Å². The molecule has 86 valence electrons. The lowest BCUT2D eigenvalue weighted by Gasteiger charge is -2.15. The molecule has 0 radical (unpaired) electrons. The summed E-state index contributed by atoms with van der Waals surface area (Å²) in [5, 5.41) is 18.0. The van der Waals surface area contributed by atoms with E-state index in [0.29, 0.717) is 16.7 Å². The zero-order valence-electron chi connectivity index (χ0n) is 9.29. The van der Waals surface area contributed by atoms with Gasteiger partial charge >= 0.3 is 11.9 Å². The molecule has 5 nitrogen and oxygen atoms in total. The Bertz CT molecular complexity index is 446. The minimum atomic E-state index is -1.32. The van der Waals surface area contributed by atoms with E-state index in [0.717, 1.165) is 0 Å². The second kappa shape index (κ2) is 3.84. The SMILES string of the molecule is Cc1c(C)c(N)c(C(=O)O)c(C(=O)O)c1C. The first-order chi connectivity index (χ1) is 7.29. The average molecular weight is 223 g/mol. The van der Waals surface area contributed by atoms with E-state index in [1.165, 1.54) is 0 Å². The molecule has 0 atom stereocenters. The number of hydrogen-bond donors (Lipinski definition) is 3. The molecule has 4 N–H and O–H groups in total. The fourth-order valence-electron chi connectivity index (χ4n) is 1.67. The Morgan fingerprint density at radius 3 is 1.69 bits per heavy atom. The van der Waals surface area contributed by atoms with Crippen LogP contribution in [0.3, 0.4) is 0 Å². The lowest BCUT2D eigenvalue weighted by atomic mass is 9.91. The number of nitrogens with two attached hydrogens (primary N) is 1. The van der Waals surface area contributed by atoms with Crippen molar-refractivity contribution in [1.29, 1.82) is 0 Å². The summed E-state index contributed by atoms with van der Waals surface area (Å²) in [5.41, 5.74) is 6.88. The molecule has 0 aliphatic carbocycles. The summed E-state index contributed by atoms with van der Waals surface area (Å²) in [7, 11) is 0. The minimum absolute atomic E-state index is 0.0213. The number of carboxylic acid groups (broad SMARTS) is 2. The number of carboxylic acids is 2. The molecule has 0 unspecified atom stereocenters. The van der Waals surface area contributed by atoms with Crippen molar-refractivity contribution in [3.8, 4) is 0 Å². The van der Waals surface area contributed by atoms with Gasteiger partial charge in [0.05, 0.1) is 16.8 Å². The van der Waals surface area contributed by atoms with Gasteiger partial charge in [-0.3, -0.25) is 0 Å². The van der Waals surface area contributed by atoms with Gasteiger partial charge in [-0.2, -0.15) is 0 Å². The standard InChI is InChI=1S/C11H13NO4/c1-4-5(2)7(10(13)14)8(11(15)16)9(12)6(4)3/h12H2,1-3H3,(H,13,14)(H,15,16). The molecule has 0 fully saturated rings. The predicted molar refractivity (Wildman–Crippen MR) is 59.0 cm³/mol. The third-order valence-corrected chi connectivity index (χ3v) is 2.85. The Morgan fingerprint density at radius 1 is 0.875 bits per heavy atom. The molecule has 0 spiro atoms. The Kier molecular flexibility index (Phi) is 2.89. The molecule has 16 heavy (non-hydrogen) atoms. The molecule has 5 heteroatoms. The van der Waals surface area contributed by atoms with Gasteiger partial charge in [-0.25, -0.2) is 9.59 Å². The molecular formula is C11H13NO4. The monoisotopic (exact) mass is 223 g/mol. The molecule has 0 amide bonds. The lowest BCUT2D eigenvalue weighted by Crippen LogP contribution is -2.16. The number of benzene rings is 1. The first-order valence-electron chi connectivity index (χ1n) is 4.64. The van der Waals surface area contributed by atoms with Crippen molar-refractivity contribution in [1.82, 2.24) is 0 Å². The van der Waals surface area contributed by atoms with Crippen molar-refractivity contribution in [2.45, 2.75) is 20.8 Å². The summed E-state index contributed by atoms with van der Waals surface area (Å²) in [6, 6.07) is 0. The molecule has 0 aromatic heterocycles. The highest BCUT2D eigenvalue weighted by atomic mass is 16.4. The highest BCUT2D eigenvalue weighted by molar-refractivity contribution is 6.07. The van der Waals surface area contributed by atoms with Gasteiger partial charge in [0, 0.05) is 0 Å². The van der Waals surface area contributed by atoms with Crippen molar-refractivity contribution in [2.75, 3.05) is 5.73 Å². The number of hydrogen-bond acceptors (Lipinski definition) is 3. The van der Waals surface area contributed by atoms with Crippen molar-refractivity contribution in [3.05, 3.63) is 27.8 Å². The largest absolute Gasteiger partial charge is 0.478 e. The van der Waals surface area contributed by atoms with Crippen molar-refractivity contribution >= 4 is 17.6 Å². The van der Waals surface area contributed by atoms with Crippen LogP contribution in [0.2, 0.25) is 0 Å². The number of anilines is 1. The maximum Gasteiger partial charge on any atom is 0.338 e. The zero-order chi connectivity index (χ0) is 12.6. The smallest absolute Gasteiger partial charge is 0.338 e. The topological polar surface area (TPSA) is 101 Å². The highest BCUT2D eigenvalue weighted by Crippen LogP contribution is 2.29. The minimum Gasteiger partial charge on any atom is -0.478 e. The highest BCUT2D eigenvalue weighted by Gasteiger charge is 2.24. The number of aromatic carboxylic acids is 2. The molecule has 0 aliphatic rings. The fourth-order valence-corrected chi connectivity index (χ4v) is 1.67. The Labute approximate surface area is 92.5 Å². The predicted octanol–water partition coefficient (Wildman–Crippen LogP) is 1.59. The molecule has 0 aliphatic heterocycles. The van der Waals surface area contributed by atoms with E-state index in [4.69, 9.17) is 15.9 Å². The number of carbonyl (C=O) groups is 2. The second-order valence-electron chi connectivity index (χ2n) is 3.65. The number of rotatable bonds is 2. The van der Waals surface area contributed by atoms with E-state index >= 15 is 0 Å². The molecular weight excluding hydrogens is 210 g/mol. The summed E-state index contributed by atoms with van der Waals surface area (Å²) in [4.78, 5) is 22.1. The zero-order valence-corrected chi connectivity index (χ0v) is 9.29. The summed E-state index contributed by atoms with van der Waals surface area (Å²) < 4.78 is 0. The second-order valence-corrected chi connectivity index (χ2v) is 3.65. The maximum absolute atomic E-state index is 11.0. The fraction of sp³-hybridized carbons (Fsp3) is 0.273. The molecule has 1 rings (SSSR count). The first kappa shape index (κ1) is 12.0. The maximum atomic E-state index is 11.0. The van der Waals surface area contributed by atoms with E-state index in [1.807, 2.05) is 0 Å². The van der Waals surface area contributed by atoms with Crippen LogP contribution in [-0.4, -0.2) is 22.2 Å². The van der Waals surface area contributed by atoms with Crippen LogP contribution >= 0.6 is 0 Å². The van der Waals surface area contributed by atoms with Gasteiger partial charge < -0.3 is 15.9 Å². The van der Waals surface area contributed by atoms with Gasteiger partial charge in [-0.05, 0) is 37.5 Å². The van der Waals surface area contributed by atoms with Gasteiger partial charge in [0.2, 0.25) is 0 Å². The average Bonchev–Trinajstić information content (AvgIpc) is 2.18. The Balaban J connectivity index is 3.83. The third-order valence-electron chi connectivity index (χ3n) is 2.85. The van der Waals surface area contributed by atoms with Crippen molar-refractivity contribution < 1.29 is 19.8 Å². The normalized spacial score (nSPS) is 10.2. The molecule has 0 saturated carbocycles. The summed E-state index contributed by atoms with van der Waals surface area (Å²) in [5.74, 6) is -2.59. The van der Waals surface area contributed by atoms with E-state index in [9.17, 15) is 9.59 Å². The van der Waals surface area contributed by atoms with Gasteiger partial charge in [0.25, 0.3) is 0 Å². The van der Waals surface area contributed by atoms with E-state index in [2.05, 4.69) is 0 Å². The van der Waals surface area contributed by atoms with Crippen LogP contribution < -0.4 is 5.73 Å². The van der Waals surface area contributed by atoms with E-state index in [1.54, 1.807) is 20.8 Å². The van der Waals surface area contributed by atoms with E-state index < -0.39 is 11.9 Å². The van der Waals surface area contributed by atoms with Gasteiger partial charge in [-0.15, -0.1) is 0 Å². The van der Waals surface area contributed by atoms with Crippen LogP contribution in [0.5, 0.6) is 0 Å².